The van der Waals surface area contributed by atoms with E-state index in [2.05, 4.69) is 32.0 Å². The molecule has 3 aromatic rings. The van der Waals surface area contributed by atoms with Crippen LogP contribution in [0.15, 0.2) is 41.0 Å². The van der Waals surface area contributed by atoms with Crippen LogP contribution >= 0.6 is 0 Å². The van der Waals surface area contributed by atoms with Crippen molar-refractivity contribution < 1.29 is 9.21 Å². The molecular weight excluding hydrogens is 342 g/mol. The number of furan rings is 1. The number of urea groups is 1. The van der Waals surface area contributed by atoms with Gasteiger partial charge in [0.05, 0.1) is 12.0 Å². The van der Waals surface area contributed by atoms with Crippen LogP contribution in [0.4, 0.5) is 4.79 Å². The molecule has 0 saturated carbocycles. The van der Waals surface area contributed by atoms with Crippen LogP contribution in [0, 0.1) is 13.8 Å². The van der Waals surface area contributed by atoms with Gasteiger partial charge in [0, 0.05) is 19.0 Å². The summed E-state index contributed by atoms with van der Waals surface area (Å²) in [4.78, 5) is 18.1. The van der Waals surface area contributed by atoms with E-state index in [1.165, 1.54) is 0 Å². The molecular formula is C20H23N5O2. The first kappa shape index (κ1) is 17.3. The Morgan fingerprint density at radius 2 is 2.04 bits per heavy atom. The van der Waals surface area contributed by atoms with Gasteiger partial charge in [0.2, 0.25) is 5.82 Å². The minimum atomic E-state index is -0.386. The number of nitrogens with two attached hydrogens (primary N) is 1. The van der Waals surface area contributed by atoms with Crippen LogP contribution in [0.25, 0.3) is 17.3 Å². The van der Waals surface area contributed by atoms with E-state index in [4.69, 9.17) is 20.2 Å². The highest BCUT2D eigenvalue weighted by atomic mass is 16.3. The zero-order valence-corrected chi connectivity index (χ0v) is 15.6. The average molecular weight is 365 g/mol. The Balaban J connectivity index is 1.80. The molecule has 0 aliphatic carbocycles. The minimum Gasteiger partial charge on any atom is -0.461 e. The van der Waals surface area contributed by atoms with Gasteiger partial charge in [-0.2, -0.15) is 0 Å². The van der Waals surface area contributed by atoms with Crippen molar-refractivity contribution in [2.24, 2.45) is 5.73 Å². The Morgan fingerprint density at radius 3 is 2.70 bits per heavy atom. The van der Waals surface area contributed by atoms with E-state index >= 15 is 0 Å². The number of piperidine rings is 1. The molecule has 1 aliphatic heterocycles. The number of nitrogens with zero attached hydrogens (tertiary/aromatic N) is 4. The minimum absolute atomic E-state index is 0.0725. The van der Waals surface area contributed by atoms with E-state index in [1.807, 2.05) is 16.8 Å². The summed E-state index contributed by atoms with van der Waals surface area (Å²) in [5.41, 5.74) is 8.79. The summed E-state index contributed by atoms with van der Waals surface area (Å²) >= 11 is 0. The van der Waals surface area contributed by atoms with Gasteiger partial charge < -0.3 is 15.1 Å². The lowest BCUT2D eigenvalue weighted by molar-refractivity contribution is 0.187. The first-order valence-corrected chi connectivity index (χ1v) is 9.15. The van der Waals surface area contributed by atoms with Gasteiger partial charge in [-0.25, -0.2) is 14.5 Å². The fourth-order valence-electron chi connectivity index (χ4n) is 3.75. The quantitative estimate of drug-likeness (QED) is 0.770. The number of amides is 2. The van der Waals surface area contributed by atoms with Gasteiger partial charge >= 0.3 is 6.03 Å². The first-order valence-electron chi connectivity index (χ1n) is 9.15. The van der Waals surface area contributed by atoms with E-state index < -0.39 is 0 Å². The molecule has 1 aromatic carbocycles. The fourth-order valence-corrected chi connectivity index (χ4v) is 3.75. The second-order valence-electron chi connectivity index (χ2n) is 7.15. The highest BCUT2D eigenvalue weighted by Crippen LogP contribution is 2.30. The predicted octanol–water partition coefficient (Wildman–Crippen LogP) is 3.40. The van der Waals surface area contributed by atoms with Crippen molar-refractivity contribution in [3.8, 4) is 17.3 Å². The van der Waals surface area contributed by atoms with Crippen molar-refractivity contribution in [3.05, 3.63) is 53.5 Å². The summed E-state index contributed by atoms with van der Waals surface area (Å²) in [5, 5.41) is 4.73. The Hall–Kier alpha value is -3.09. The second-order valence-corrected chi connectivity index (χ2v) is 7.15. The van der Waals surface area contributed by atoms with E-state index in [0.29, 0.717) is 24.7 Å². The Morgan fingerprint density at radius 1 is 1.26 bits per heavy atom. The van der Waals surface area contributed by atoms with Gasteiger partial charge in [-0.05, 0) is 62.1 Å². The van der Waals surface area contributed by atoms with Crippen molar-refractivity contribution in [3.63, 3.8) is 0 Å². The molecule has 0 unspecified atom stereocenters. The van der Waals surface area contributed by atoms with Gasteiger partial charge in [0.15, 0.2) is 5.76 Å². The number of carbonyl (C=O) groups excluding carboxylic acids is 1. The molecule has 1 saturated heterocycles. The molecule has 0 spiro atoms. The summed E-state index contributed by atoms with van der Waals surface area (Å²) in [6.45, 7) is 5.37. The molecule has 2 aromatic heterocycles. The van der Waals surface area contributed by atoms with Crippen molar-refractivity contribution >= 4 is 6.03 Å². The van der Waals surface area contributed by atoms with Crippen LogP contribution in [-0.4, -0.2) is 38.8 Å². The van der Waals surface area contributed by atoms with Gasteiger partial charge in [-0.3, -0.25) is 0 Å². The summed E-state index contributed by atoms with van der Waals surface area (Å²) in [5.74, 6) is 2.08. The number of aryl methyl sites for hydroxylation is 2. The molecule has 4 rings (SSSR count). The molecule has 2 amide bonds. The van der Waals surface area contributed by atoms with Gasteiger partial charge in [-0.15, -0.1) is 5.10 Å². The maximum atomic E-state index is 11.7. The number of benzene rings is 1. The number of primary amides is 1. The molecule has 1 atom stereocenters. The second kappa shape index (κ2) is 6.90. The van der Waals surface area contributed by atoms with Crippen LogP contribution in [0.2, 0.25) is 0 Å². The standard InChI is InChI=1S/C20H23N5O2/c1-13-9-14(2)11-16(10-13)25-19(15-5-3-7-24(12-15)20(21)26)22-18(23-25)17-6-4-8-27-17/h4,6,8-11,15H,3,5,7,12H2,1-2H3,(H2,21,26)/t15-/m0/s1. The first-order chi connectivity index (χ1) is 13.0. The molecule has 2 N–H and O–H groups in total. The monoisotopic (exact) mass is 365 g/mol. The lowest BCUT2D eigenvalue weighted by Crippen LogP contribution is -2.42. The third-order valence-electron chi connectivity index (χ3n) is 4.92. The molecule has 1 aliphatic rings. The number of aromatic nitrogens is 3. The lowest BCUT2D eigenvalue weighted by Gasteiger charge is -2.31. The zero-order chi connectivity index (χ0) is 19.0. The number of likely N-dealkylation sites (tertiary alicyclic amines) is 1. The van der Waals surface area contributed by atoms with E-state index in [9.17, 15) is 4.79 Å². The fraction of sp³-hybridized carbons (Fsp3) is 0.350. The normalized spacial score (nSPS) is 17.3. The van der Waals surface area contributed by atoms with Crippen molar-refractivity contribution in [2.75, 3.05) is 13.1 Å². The number of carbonyl (C=O) groups is 1. The molecule has 1 fully saturated rings. The maximum Gasteiger partial charge on any atom is 0.314 e. The highest BCUT2D eigenvalue weighted by molar-refractivity contribution is 5.72. The van der Waals surface area contributed by atoms with Crippen LogP contribution in [-0.2, 0) is 0 Å². The molecule has 0 radical (unpaired) electrons. The number of hydrogen-bond acceptors (Lipinski definition) is 4. The summed E-state index contributed by atoms with van der Waals surface area (Å²) < 4.78 is 7.38. The number of hydrogen-bond donors (Lipinski definition) is 1. The van der Waals surface area contributed by atoms with Crippen LogP contribution in [0.1, 0.15) is 35.7 Å². The molecule has 140 valence electrons. The molecule has 7 nitrogen and oxygen atoms in total. The Labute approximate surface area is 157 Å². The van der Waals surface area contributed by atoms with Crippen LogP contribution in [0.5, 0.6) is 0 Å². The molecule has 7 heteroatoms. The third kappa shape index (κ3) is 3.45. The zero-order valence-electron chi connectivity index (χ0n) is 15.6. The van der Waals surface area contributed by atoms with Gasteiger partial charge in [0.25, 0.3) is 0 Å². The summed E-state index contributed by atoms with van der Waals surface area (Å²) in [6, 6.07) is 9.59. The Kier molecular flexibility index (Phi) is 4.43. The van der Waals surface area contributed by atoms with E-state index in [-0.39, 0.29) is 11.9 Å². The predicted molar refractivity (Wildman–Crippen MR) is 102 cm³/mol. The van der Waals surface area contributed by atoms with E-state index in [1.54, 1.807) is 11.2 Å². The van der Waals surface area contributed by atoms with Crippen molar-refractivity contribution in [1.29, 1.82) is 0 Å². The lowest BCUT2D eigenvalue weighted by atomic mass is 9.97. The smallest absolute Gasteiger partial charge is 0.314 e. The van der Waals surface area contributed by atoms with Gasteiger partial charge in [0.1, 0.15) is 5.82 Å². The highest BCUT2D eigenvalue weighted by Gasteiger charge is 2.29. The summed E-state index contributed by atoms with van der Waals surface area (Å²) in [7, 11) is 0. The average Bonchev–Trinajstić information content (AvgIpc) is 3.30. The molecule has 3 heterocycles. The molecule has 27 heavy (non-hydrogen) atoms. The van der Waals surface area contributed by atoms with Crippen molar-refractivity contribution in [2.45, 2.75) is 32.6 Å². The van der Waals surface area contributed by atoms with Crippen LogP contribution < -0.4 is 5.73 Å². The van der Waals surface area contributed by atoms with Crippen molar-refractivity contribution in [1.82, 2.24) is 19.7 Å². The van der Waals surface area contributed by atoms with Crippen LogP contribution in [0.3, 0.4) is 0 Å². The topological polar surface area (TPSA) is 90.2 Å². The SMILES string of the molecule is Cc1cc(C)cc(-n2nc(-c3ccco3)nc2[C@H]2CCCN(C(N)=O)C2)c1. The van der Waals surface area contributed by atoms with Gasteiger partial charge in [-0.1, -0.05) is 6.07 Å². The summed E-state index contributed by atoms with van der Waals surface area (Å²) in [6.07, 6.45) is 3.44. The van der Waals surface area contributed by atoms with E-state index in [0.717, 1.165) is 35.5 Å². The largest absolute Gasteiger partial charge is 0.461 e. The third-order valence-corrected chi connectivity index (χ3v) is 4.92. The number of rotatable bonds is 3. The Bertz CT molecular complexity index is 941. The molecule has 0 bridgehead atoms. The maximum absolute atomic E-state index is 11.7.